The molecule has 1 aromatic carbocycles. The van der Waals surface area contributed by atoms with Gasteiger partial charge in [0.05, 0.1) is 25.9 Å². The Morgan fingerprint density at radius 1 is 1.00 bits per heavy atom. The van der Waals surface area contributed by atoms with Gasteiger partial charge in [-0.15, -0.1) is 0 Å². The van der Waals surface area contributed by atoms with Gasteiger partial charge in [-0.3, -0.25) is 0 Å². The van der Waals surface area contributed by atoms with Crippen molar-refractivity contribution >= 4 is 0 Å². The number of rotatable bonds is 11. The van der Waals surface area contributed by atoms with Gasteiger partial charge in [0.1, 0.15) is 12.4 Å². The summed E-state index contributed by atoms with van der Waals surface area (Å²) in [5, 5.41) is 3.29. The van der Waals surface area contributed by atoms with E-state index in [9.17, 15) is 0 Å². The van der Waals surface area contributed by atoms with Gasteiger partial charge in [0.2, 0.25) is 0 Å². The zero-order valence-corrected chi connectivity index (χ0v) is 12.9. The van der Waals surface area contributed by atoms with E-state index in [1.807, 2.05) is 26.0 Å². The van der Waals surface area contributed by atoms with Crippen molar-refractivity contribution in [3.8, 4) is 5.75 Å². The third kappa shape index (κ3) is 8.15. The Balaban J connectivity index is 2.07. The molecular formula is C16H27NO3. The topological polar surface area (TPSA) is 39.7 Å². The van der Waals surface area contributed by atoms with Crippen LogP contribution in [0.15, 0.2) is 24.3 Å². The molecule has 0 atom stereocenters. The number of ether oxygens (including phenoxy) is 3. The van der Waals surface area contributed by atoms with Crippen molar-refractivity contribution in [3.63, 3.8) is 0 Å². The van der Waals surface area contributed by atoms with Crippen LogP contribution in [-0.4, -0.2) is 39.1 Å². The molecule has 114 valence electrons. The van der Waals surface area contributed by atoms with Gasteiger partial charge in [0, 0.05) is 6.54 Å². The number of hydrogen-bond donors (Lipinski definition) is 1. The van der Waals surface area contributed by atoms with E-state index >= 15 is 0 Å². The van der Waals surface area contributed by atoms with Gasteiger partial charge in [-0.25, -0.2) is 0 Å². The van der Waals surface area contributed by atoms with E-state index in [1.54, 1.807) is 0 Å². The lowest BCUT2D eigenvalue weighted by Crippen LogP contribution is -2.13. The van der Waals surface area contributed by atoms with Crippen molar-refractivity contribution in [3.05, 3.63) is 29.8 Å². The first-order valence-corrected chi connectivity index (χ1v) is 7.34. The predicted molar refractivity (Wildman–Crippen MR) is 81.2 cm³/mol. The summed E-state index contributed by atoms with van der Waals surface area (Å²) in [5.74, 6) is 0.882. The summed E-state index contributed by atoms with van der Waals surface area (Å²) in [6.07, 6.45) is 0.260. The fourth-order valence-corrected chi connectivity index (χ4v) is 1.64. The van der Waals surface area contributed by atoms with E-state index in [0.29, 0.717) is 26.4 Å². The lowest BCUT2D eigenvalue weighted by molar-refractivity contribution is 0.0124. The minimum Gasteiger partial charge on any atom is -0.491 e. The molecule has 0 aliphatic rings. The highest BCUT2D eigenvalue weighted by atomic mass is 16.5. The summed E-state index contributed by atoms with van der Waals surface area (Å²) in [6.45, 7) is 10.4. The Morgan fingerprint density at radius 3 is 2.35 bits per heavy atom. The highest BCUT2D eigenvalue weighted by molar-refractivity contribution is 5.27. The van der Waals surface area contributed by atoms with Crippen LogP contribution in [-0.2, 0) is 16.0 Å². The van der Waals surface area contributed by atoms with Gasteiger partial charge >= 0.3 is 0 Å². The van der Waals surface area contributed by atoms with Crippen molar-refractivity contribution in [2.24, 2.45) is 0 Å². The van der Waals surface area contributed by atoms with Gasteiger partial charge < -0.3 is 19.5 Å². The standard InChI is InChI=1S/C16H27NO3/c1-4-17-13-15-5-7-16(8-6-15)20-12-10-18-9-11-19-14(2)3/h5-8,14,17H,4,9-13H2,1-3H3. The van der Waals surface area contributed by atoms with Crippen molar-refractivity contribution in [1.29, 1.82) is 0 Å². The fraction of sp³-hybridized carbons (Fsp3) is 0.625. The van der Waals surface area contributed by atoms with E-state index < -0.39 is 0 Å². The molecule has 0 aromatic heterocycles. The van der Waals surface area contributed by atoms with Gasteiger partial charge in [-0.2, -0.15) is 0 Å². The minimum atomic E-state index is 0.260. The van der Waals surface area contributed by atoms with Crippen LogP contribution in [0.2, 0.25) is 0 Å². The predicted octanol–water partition coefficient (Wildman–Crippen LogP) is 2.62. The molecule has 0 saturated heterocycles. The molecule has 0 bridgehead atoms. The Kier molecular flexibility index (Phi) is 9.04. The Labute approximate surface area is 122 Å². The van der Waals surface area contributed by atoms with Crippen LogP contribution in [0.4, 0.5) is 0 Å². The molecule has 0 aliphatic heterocycles. The molecule has 1 aromatic rings. The molecule has 1 N–H and O–H groups in total. The van der Waals surface area contributed by atoms with E-state index in [4.69, 9.17) is 14.2 Å². The number of hydrogen-bond acceptors (Lipinski definition) is 4. The normalized spacial score (nSPS) is 11.0. The summed E-state index contributed by atoms with van der Waals surface area (Å²) >= 11 is 0. The average molecular weight is 281 g/mol. The highest BCUT2D eigenvalue weighted by Gasteiger charge is 1.96. The third-order valence-electron chi connectivity index (χ3n) is 2.68. The lowest BCUT2D eigenvalue weighted by atomic mass is 10.2. The first kappa shape index (κ1) is 17.0. The molecular weight excluding hydrogens is 254 g/mol. The van der Waals surface area contributed by atoms with Gasteiger partial charge in [-0.1, -0.05) is 19.1 Å². The second-order valence-electron chi connectivity index (χ2n) is 4.80. The Morgan fingerprint density at radius 2 is 1.70 bits per heavy atom. The highest BCUT2D eigenvalue weighted by Crippen LogP contribution is 2.11. The largest absolute Gasteiger partial charge is 0.491 e. The summed E-state index contributed by atoms with van der Waals surface area (Å²) in [7, 11) is 0. The average Bonchev–Trinajstić information content (AvgIpc) is 2.45. The van der Waals surface area contributed by atoms with E-state index in [1.165, 1.54) is 5.56 Å². The van der Waals surface area contributed by atoms with Crippen molar-refractivity contribution in [1.82, 2.24) is 5.32 Å². The lowest BCUT2D eigenvalue weighted by Gasteiger charge is -2.09. The molecule has 20 heavy (non-hydrogen) atoms. The summed E-state index contributed by atoms with van der Waals surface area (Å²) < 4.78 is 16.4. The summed E-state index contributed by atoms with van der Waals surface area (Å²) in [5.41, 5.74) is 1.27. The van der Waals surface area contributed by atoms with E-state index in [-0.39, 0.29) is 6.10 Å². The van der Waals surface area contributed by atoms with Crippen LogP contribution >= 0.6 is 0 Å². The number of benzene rings is 1. The van der Waals surface area contributed by atoms with Crippen LogP contribution in [0, 0.1) is 0 Å². The Bertz CT molecular complexity index is 338. The molecule has 4 heteroatoms. The minimum absolute atomic E-state index is 0.260. The monoisotopic (exact) mass is 281 g/mol. The molecule has 0 saturated carbocycles. The molecule has 0 fully saturated rings. The van der Waals surface area contributed by atoms with Crippen molar-refractivity contribution < 1.29 is 14.2 Å². The van der Waals surface area contributed by atoms with Crippen LogP contribution in [0.3, 0.4) is 0 Å². The molecule has 0 aliphatic carbocycles. The first-order chi connectivity index (χ1) is 9.72. The summed E-state index contributed by atoms with van der Waals surface area (Å²) in [4.78, 5) is 0. The van der Waals surface area contributed by atoms with Crippen molar-refractivity contribution in [2.45, 2.75) is 33.4 Å². The van der Waals surface area contributed by atoms with Crippen LogP contribution in [0.25, 0.3) is 0 Å². The molecule has 4 nitrogen and oxygen atoms in total. The Hall–Kier alpha value is -1.10. The van der Waals surface area contributed by atoms with Gasteiger partial charge in [0.15, 0.2) is 0 Å². The van der Waals surface area contributed by atoms with Crippen LogP contribution in [0.1, 0.15) is 26.3 Å². The third-order valence-corrected chi connectivity index (χ3v) is 2.68. The van der Waals surface area contributed by atoms with Gasteiger partial charge in [0.25, 0.3) is 0 Å². The summed E-state index contributed by atoms with van der Waals surface area (Å²) in [6, 6.07) is 8.15. The maximum Gasteiger partial charge on any atom is 0.119 e. The maximum absolute atomic E-state index is 5.61. The zero-order chi connectivity index (χ0) is 14.6. The van der Waals surface area contributed by atoms with Crippen molar-refractivity contribution in [2.75, 3.05) is 33.0 Å². The second kappa shape index (κ2) is 10.7. The molecule has 1 rings (SSSR count). The molecule has 0 spiro atoms. The smallest absolute Gasteiger partial charge is 0.119 e. The maximum atomic E-state index is 5.61. The SMILES string of the molecule is CCNCc1ccc(OCCOCCOC(C)C)cc1. The van der Waals surface area contributed by atoms with E-state index in [2.05, 4.69) is 24.4 Å². The fourth-order valence-electron chi connectivity index (χ4n) is 1.64. The van der Waals surface area contributed by atoms with Gasteiger partial charge in [-0.05, 0) is 38.1 Å². The molecule has 0 amide bonds. The van der Waals surface area contributed by atoms with Crippen LogP contribution < -0.4 is 10.1 Å². The number of nitrogens with one attached hydrogen (secondary N) is 1. The molecule has 0 heterocycles. The quantitative estimate of drug-likeness (QED) is 0.633. The van der Waals surface area contributed by atoms with Crippen LogP contribution in [0.5, 0.6) is 5.75 Å². The second-order valence-corrected chi connectivity index (χ2v) is 4.80. The molecule has 0 unspecified atom stereocenters. The zero-order valence-electron chi connectivity index (χ0n) is 12.9. The molecule has 0 radical (unpaired) electrons. The first-order valence-electron chi connectivity index (χ1n) is 7.34. The van der Waals surface area contributed by atoms with E-state index in [0.717, 1.165) is 18.8 Å².